The molecular formula is C28H14N4O4S. The zero-order chi connectivity index (χ0) is 26.0. The fourth-order valence-corrected chi connectivity index (χ4v) is 4.92. The molecule has 37 heavy (non-hydrogen) atoms. The van der Waals surface area contributed by atoms with Crippen LogP contribution in [-0.4, -0.2) is 24.3 Å². The first-order chi connectivity index (χ1) is 18.2. The molecule has 0 saturated carbocycles. The predicted molar refractivity (Wildman–Crippen MR) is 139 cm³/mol. The molecule has 0 unspecified atom stereocenters. The summed E-state index contributed by atoms with van der Waals surface area (Å²) < 4.78 is 0. The lowest BCUT2D eigenvalue weighted by atomic mass is 10.0. The highest BCUT2D eigenvalue weighted by Crippen LogP contribution is 2.50. The van der Waals surface area contributed by atoms with E-state index in [1.165, 1.54) is 36.1 Å². The Labute approximate surface area is 214 Å². The summed E-state index contributed by atoms with van der Waals surface area (Å²) in [6.45, 7) is 0. The van der Waals surface area contributed by atoms with Crippen molar-refractivity contribution in [3.8, 4) is 22.3 Å². The second-order valence-electron chi connectivity index (χ2n) is 7.26. The smallest absolute Gasteiger partial charge is 0.211 e. The summed E-state index contributed by atoms with van der Waals surface area (Å²) >= 11 is 1.30. The Bertz CT molecular complexity index is 1540. The van der Waals surface area contributed by atoms with Gasteiger partial charge < -0.3 is 0 Å². The van der Waals surface area contributed by atoms with Gasteiger partial charge in [0, 0.05) is 20.9 Å². The Kier molecular flexibility index (Phi) is 8.02. The molecule has 0 aliphatic carbocycles. The number of isocyanates is 4. The lowest BCUT2D eigenvalue weighted by molar-refractivity contribution is 0.564. The molecule has 4 aromatic carbocycles. The van der Waals surface area contributed by atoms with Crippen molar-refractivity contribution in [2.24, 2.45) is 20.0 Å². The SMILES string of the molecule is O=C=Nc1ccc(Sc2ccc(N=C=O)c(N=C=O)c2-c2ccccc2)c(-c2ccccc2)c1N=C=O. The van der Waals surface area contributed by atoms with E-state index in [2.05, 4.69) is 20.0 Å². The molecule has 0 aliphatic heterocycles. The van der Waals surface area contributed by atoms with Crippen LogP contribution in [0.15, 0.2) is 115 Å². The van der Waals surface area contributed by atoms with Gasteiger partial charge in [-0.3, -0.25) is 0 Å². The maximum absolute atomic E-state index is 11.3. The predicted octanol–water partition coefficient (Wildman–Crippen LogP) is 7.04. The van der Waals surface area contributed by atoms with Crippen molar-refractivity contribution in [2.75, 3.05) is 0 Å². The largest absolute Gasteiger partial charge is 0.240 e. The molecule has 0 spiro atoms. The number of carbonyl (C=O) groups excluding carboxylic acids is 4. The zero-order valence-corrected chi connectivity index (χ0v) is 19.7. The molecule has 0 aromatic heterocycles. The third-order valence-corrected chi connectivity index (χ3v) is 6.35. The van der Waals surface area contributed by atoms with E-state index >= 15 is 0 Å². The molecule has 0 heterocycles. The minimum absolute atomic E-state index is 0.157. The van der Waals surface area contributed by atoms with Gasteiger partial charge in [-0.05, 0) is 35.4 Å². The van der Waals surface area contributed by atoms with E-state index in [4.69, 9.17) is 0 Å². The Morgan fingerprint density at radius 1 is 0.459 bits per heavy atom. The first-order valence-electron chi connectivity index (χ1n) is 10.7. The summed E-state index contributed by atoms with van der Waals surface area (Å²) in [7, 11) is 0. The fourth-order valence-electron chi connectivity index (χ4n) is 3.78. The fraction of sp³-hybridized carbons (Fsp3) is 0. The van der Waals surface area contributed by atoms with Crippen LogP contribution in [0.5, 0.6) is 0 Å². The molecule has 0 radical (unpaired) electrons. The van der Waals surface area contributed by atoms with Crippen molar-refractivity contribution >= 4 is 58.8 Å². The van der Waals surface area contributed by atoms with Gasteiger partial charge in [0.15, 0.2) is 0 Å². The average molecular weight is 503 g/mol. The summed E-state index contributed by atoms with van der Waals surface area (Å²) in [4.78, 5) is 61.1. The molecule has 0 saturated heterocycles. The summed E-state index contributed by atoms with van der Waals surface area (Å²) in [5.41, 5.74) is 3.15. The van der Waals surface area contributed by atoms with Gasteiger partial charge in [0.1, 0.15) is 22.7 Å². The molecule has 176 valence electrons. The summed E-state index contributed by atoms with van der Waals surface area (Å²) in [5.74, 6) is 0. The summed E-state index contributed by atoms with van der Waals surface area (Å²) in [6.07, 6.45) is 6.05. The maximum Gasteiger partial charge on any atom is 0.240 e. The monoisotopic (exact) mass is 502 g/mol. The molecule has 0 atom stereocenters. The third-order valence-electron chi connectivity index (χ3n) is 5.23. The van der Waals surface area contributed by atoms with Crippen LogP contribution in [0.2, 0.25) is 0 Å². The van der Waals surface area contributed by atoms with Gasteiger partial charge in [0.05, 0.1) is 0 Å². The molecule has 0 bridgehead atoms. The Hall–Kier alpha value is -5.25. The van der Waals surface area contributed by atoms with Gasteiger partial charge >= 0.3 is 0 Å². The van der Waals surface area contributed by atoms with Gasteiger partial charge in [0.25, 0.3) is 0 Å². The van der Waals surface area contributed by atoms with E-state index in [0.717, 1.165) is 11.1 Å². The van der Waals surface area contributed by atoms with Crippen LogP contribution in [0.1, 0.15) is 0 Å². The van der Waals surface area contributed by atoms with E-state index in [1.807, 2.05) is 60.7 Å². The van der Waals surface area contributed by atoms with Gasteiger partial charge in [0.2, 0.25) is 24.3 Å². The second kappa shape index (κ2) is 11.9. The topological polar surface area (TPSA) is 118 Å². The minimum atomic E-state index is 0.157. The third kappa shape index (κ3) is 5.38. The highest BCUT2D eigenvalue weighted by molar-refractivity contribution is 7.99. The Morgan fingerprint density at radius 3 is 1.19 bits per heavy atom. The van der Waals surface area contributed by atoms with Crippen molar-refractivity contribution < 1.29 is 19.2 Å². The van der Waals surface area contributed by atoms with Crippen LogP contribution < -0.4 is 0 Å². The summed E-state index contributed by atoms with van der Waals surface area (Å²) in [6, 6.07) is 24.9. The second-order valence-corrected chi connectivity index (χ2v) is 8.34. The summed E-state index contributed by atoms with van der Waals surface area (Å²) in [5, 5.41) is 0. The lowest BCUT2D eigenvalue weighted by Gasteiger charge is -2.17. The van der Waals surface area contributed by atoms with E-state index in [9.17, 15) is 19.2 Å². The lowest BCUT2D eigenvalue weighted by Crippen LogP contribution is -1.89. The quantitative estimate of drug-likeness (QED) is 0.189. The van der Waals surface area contributed by atoms with Crippen molar-refractivity contribution in [2.45, 2.75) is 9.79 Å². The molecule has 4 rings (SSSR count). The highest BCUT2D eigenvalue weighted by atomic mass is 32.2. The molecule has 9 heteroatoms. The van der Waals surface area contributed by atoms with Crippen LogP contribution in [0.25, 0.3) is 22.3 Å². The molecule has 0 N–H and O–H groups in total. The number of rotatable bonds is 8. The Balaban J connectivity index is 2.04. The van der Waals surface area contributed by atoms with Crippen LogP contribution in [-0.2, 0) is 19.2 Å². The highest BCUT2D eigenvalue weighted by Gasteiger charge is 2.20. The number of aliphatic imine (C=N–C) groups is 4. The average Bonchev–Trinajstić information content (AvgIpc) is 2.93. The minimum Gasteiger partial charge on any atom is -0.211 e. The molecule has 0 amide bonds. The molecular weight excluding hydrogens is 488 g/mol. The number of hydrogen-bond donors (Lipinski definition) is 0. The van der Waals surface area contributed by atoms with Crippen molar-refractivity contribution in [1.82, 2.24) is 0 Å². The van der Waals surface area contributed by atoms with E-state index < -0.39 is 0 Å². The molecule has 4 aromatic rings. The van der Waals surface area contributed by atoms with E-state index in [-0.39, 0.29) is 22.7 Å². The number of nitrogens with zero attached hydrogens (tertiary/aromatic N) is 4. The van der Waals surface area contributed by atoms with Gasteiger partial charge in [-0.15, -0.1) is 0 Å². The van der Waals surface area contributed by atoms with E-state index in [0.29, 0.717) is 20.9 Å². The van der Waals surface area contributed by atoms with Gasteiger partial charge in [-0.25, -0.2) is 19.2 Å². The maximum atomic E-state index is 11.3. The number of hydrogen-bond acceptors (Lipinski definition) is 9. The van der Waals surface area contributed by atoms with Gasteiger partial charge in [-0.2, -0.15) is 20.0 Å². The van der Waals surface area contributed by atoms with Gasteiger partial charge in [-0.1, -0.05) is 72.4 Å². The zero-order valence-electron chi connectivity index (χ0n) is 18.9. The molecule has 0 fully saturated rings. The van der Waals surface area contributed by atoms with Crippen LogP contribution in [0.4, 0.5) is 22.7 Å². The first kappa shape index (κ1) is 24.9. The van der Waals surface area contributed by atoms with Crippen LogP contribution in [0, 0.1) is 0 Å². The standard InChI is InChI=1S/C28H14N4O4S/c33-15-29-21-11-13-23(25(27(21)31-17-35)19-7-3-1-4-8-19)37-24-14-12-22(30-16-34)28(32-18-36)26(24)20-9-5-2-6-10-20/h1-14H. The molecule has 8 nitrogen and oxygen atoms in total. The Morgan fingerprint density at radius 2 is 0.838 bits per heavy atom. The van der Waals surface area contributed by atoms with Crippen molar-refractivity contribution in [1.29, 1.82) is 0 Å². The molecule has 0 aliphatic rings. The van der Waals surface area contributed by atoms with Crippen LogP contribution in [0.3, 0.4) is 0 Å². The van der Waals surface area contributed by atoms with Crippen molar-refractivity contribution in [3.63, 3.8) is 0 Å². The first-order valence-corrected chi connectivity index (χ1v) is 11.5. The van der Waals surface area contributed by atoms with E-state index in [1.54, 1.807) is 24.3 Å². The van der Waals surface area contributed by atoms with Crippen molar-refractivity contribution in [3.05, 3.63) is 84.9 Å². The number of benzene rings is 4. The van der Waals surface area contributed by atoms with Crippen LogP contribution >= 0.6 is 11.8 Å². The normalized spacial score (nSPS) is 9.73.